The second-order valence-corrected chi connectivity index (χ2v) is 6.38. The van der Waals surface area contributed by atoms with Gasteiger partial charge >= 0.3 is 0 Å². The zero-order valence-electron chi connectivity index (χ0n) is 14.8. The third-order valence-electron chi connectivity index (χ3n) is 4.13. The van der Waals surface area contributed by atoms with Crippen LogP contribution < -0.4 is 4.74 Å². The summed E-state index contributed by atoms with van der Waals surface area (Å²) in [6, 6.07) is 17.4. The van der Waals surface area contributed by atoms with Gasteiger partial charge in [-0.2, -0.15) is 0 Å². The van der Waals surface area contributed by atoms with Crippen LogP contribution in [0.2, 0.25) is 0 Å². The van der Waals surface area contributed by atoms with Gasteiger partial charge < -0.3 is 14.6 Å². The molecule has 1 N–H and O–H groups in total. The van der Waals surface area contributed by atoms with E-state index in [0.29, 0.717) is 23.6 Å². The minimum atomic E-state index is -0.116. The molecule has 0 saturated carbocycles. The van der Waals surface area contributed by atoms with E-state index in [1.54, 1.807) is 22.7 Å². The number of hydrogen-bond acceptors (Lipinski definition) is 3. The number of carbonyl (C=O) groups excluding carboxylic acids is 1. The highest BCUT2D eigenvalue weighted by atomic mass is 32.1. The Balaban J connectivity index is 1.70. The van der Waals surface area contributed by atoms with E-state index in [-0.39, 0.29) is 5.91 Å². The largest absolute Gasteiger partial charge is 0.491 e. The Morgan fingerprint density at radius 1 is 1.15 bits per heavy atom. The summed E-state index contributed by atoms with van der Waals surface area (Å²) in [4.78, 5) is 17.4. The van der Waals surface area contributed by atoms with Gasteiger partial charge in [0.05, 0.1) is 6.54 Å². The van der Waals surface area contributed by atoms with Crippen LogP contribution in [0.25, 0.3) is 5.69 Å². The molecule has 1 heterocycles. The van der Waals surface area contributed by atoms with E-state index in [9.17, 15) is 4.79 Å². The van der Waals surface area contributed by atoms with E-state index in [4.69, 9.17) is 17.0 Å². The fourth-order valence-corrected chi connectivity index (χ4v) is 2.93. The Labute approximate surface area is 157 Å². The predicted octanol–water partition coefficient (Wildman–Crippen LogP) is 3.99. The summed E-state index contributed by atoms with van der Waals surface area (Å²) in [5.74, 6) is 0.719. The van der Waals surface area contributed by atoms with E-state index < -0.39 is 0 Å². The summed E-state index contributed by atoms with van der Waals surface area (Å²) in [6.45, 7) is 2.89. The fraction of sp³-hybridized carbons (Fsp3) is 0.200. The molecule has 0 aliphatic rings. The molecule has 2 aromatic carbocycles. The number of ether oxygens (including phenoxy) is 1. The van der Waals surface area contributed by atoms with Crippen molar-refractivity contribution in [3.05, 3.63) is 76.8 Å². The smallest absolute Gasteiger partial charge is 0.272 e. The quantitative estimate of drug-likeness (QED) is 0.670. The van der Waals surface area contributed by atoms with Crippen molar-refractivity contribution in [1.29, 1.82) is 0 Å². The maximum atomic E-state index is 12.8. The number of hydrogen-bond donors (Lipinski definition) is 1. The molecule has 1 amide bonds. The number of aromatic amines is 1. The number of rotatable bonds is 6. The van der Waals surface area contributed by atoms with Crippen molar-refractivity contribution in [2.45, 2.75) is 6.92 Å². The van der Waals surface area contributed by atoms with Gasteiger partial charge in [0, 0.05) is 18.9 Å². The summed E-state index contributed by atoms with van der Waals surface area (Å²) in [5.41, 5.74) is 2.43. The maximum Gasteiger partial charge on any atom is 0.272 e. The van der Waals surface area contributed by atoms with Crippen molar-refractivity contribution in [2.24, 2.45) is 0 Å². The minimum absolute atomic E-state index is 0.116. The van der Waals surface area contributed by atoms with Crippen LogP contribution in [0.3, 0.4) is 0 Å². The molecule has 0 saturated heterocycles. The second kappa shape index (κ2) is 8.01. The molecule has 0 atom stereocenters. The molecule has 1 aromatic heterocycles. The van der Waals surface area contributed by atoms with Crippen molar-refractivity contribution < 1.29 is 9.53 Å². The first-order chi connectivity index (χ1) is 12.6. The first-order valence-electron chi connectivity index (χ1n) is 8.37. The van der Waals surface area contributed by atoms with Crippen LogP contribution in [0.4, 0.5) is 0 Å². The molecule has 0 unspecified atom stereocenters. The number of H-pyrrole nitrogens is 1. The highest BCUT2D eigenvalue weighted by molar-refractivity contribution is 7.71. The molecular formula is C20H21N3O2S. The lowest BCUT2D eigenvalue weighted by molar-refractivity contribution is 0.0765. The molecular weight excluding hydrogens is 346 g/mol. The lowest BCUT2D eigenvalue weighted by Crippen LogP contribution is -2.32. The zero-order valence-corrected chi connectivity index (χ0v) is 15.6. The van der Waals surface area contributed by atoms with Crippen LogP contribution >= 0.6 is 12.2 Å². The third kappa shape index (κ3) is 3.86. The number of aryl methyl sites for hydroxylation is 1. The number of amides is 1. The molecule has 3 aromatic rings. The molecule has 134 valence electrons. The first kappa shape index (κ1) is 17.9. The maximum absolute atomic E-state index is 12.8. The summed E-state index contributed by atoms with van der Waals surface area (Å²) >= 11 is 5.34. The average molecular weight is 367 g/mol. The van der Waals surface area contributed by atoms with E-state index in [1.165, 1.54) is 0 Å². The Kier molecular flexibility index (Phi) is 5.53. The van der Waals surface area contributed by atoms with Crippen molar-refractivity contribution >= 4 is 18.1 Å². The van der Waals surface area contributed by atoms with Crippen LogP contribution in [-0.2, 0) is 0 Å². The Morgan fingerprint density at radius 2 is 1.85 bits per heavy atom. The molecule has 0 spiro atoms. The van der Waals surface area contributed by atoms with Gasteiger partial charge in [-0.1, -0.05) is 36.4 Å². The van der Waals surface area contributed by atoms with E-state index >= 15 is 0 Å². The highest BCUT2D eigenvalue weighted by Gasteiger charge is 2.18. The number of imidazole rings is 1. The average Bonchev–Trinajstić information content (AvgIpc) is 3.04. The third-order valence-corrected chi connectivity index (χ3v) is 4.43. The van der Waals surface area contributed by atoms with Gasteiger partial charge in [0.25, 0.3) is 5.91 Å². The van der Waals surface area contributed by atoms with Gasteiger partial charge in [0.1, 0.15) is 18.1 Å². The second-order valence-electron chi connectivity index (χ2n) is 5.99. The first-order valence-corrected chi connectivity index (χ1v) is 8.78. The van der Waals surface area contributed by atoms with Gasteiger partial charge in [0.2, 0.25) is 0 Å². The van der Waals surface area contributed by atoms with Crippen molar-refractivity contribution in [2.75, 3.05) is 20.2 Å². The number of nitrogens with zero attached hydrogens (tertiary/aromatic N) is 2. The van der Waals surface area contributed by atoms with E-state index in [1.807, 2.05) is 61.5 Å². The van der Waals surface area contributed by atoms with Crippen LogP contribution in [0.15, 0.2) is 60.8 Å². The fourth-order valence-electron chi connectivity index (χ4n) is 2.67. The molecule has 0 aliphatic heterocycles. The zero-order chi connectivity index (χ0) is 18.5. The van der Waals surface area contributed by atoms with E-state index in [2.05, 4.69) is 4.98 Å². The van der Waals surface area contributed by atoms with Crippen molar-refractivity contribution in [1.82, 2.24) is 14.5 Å². The van der Waals surface area contributed by atoms with Gasteiger partial charge in [-0.3, -0.25) is 9.36 Å². The topological polar surface area (TPSA) is 50.3 Å². The number of carbonyl (C=O) groups is 1. The van der Waals surface area contributed by atoms with Gasteiger partial charge in [-0.25, -0.2) is 0 Å². The molecule has 0 fully saturated rings. The predicted molar refractivity (Wildman–Crippen MR) is 105 cm³/mol. The summed E-state index contributed by atoms with van der Waals surface area (Å²) < 4.78 is 8.02. The summed E-state index contributed by atoms with van der Waals surface area (Å²) in [5, 5.41) is 0. The van der Waals surface area contributed by atoms with Gasteiger partial charge in [-0.05, 0) is 42.9 Å². The monoisotopic (exact) mass is 367 g/mol. The number of aromatic nitrogens is 2. The van der Waals surface area contributed by atoms with Crippen LogP contribution in [-0.4, -0.2) is 40.6 Å². The Morgan fingerprint density at radius 3 is 2.58 bits per heavy atom. The number of nitrogens with one attached hydrogen (secondary N) is 1. The van der Waals surface area contributed by atoms with Crippen LogP contribution in [0.1, 0.15) is 16.1 Å². The molecule has 5 nitrogen and oxygen atoms in total. The van der Waals surface area contributed by atoms with Crippen LogP contribution in [0, 0.1) is 11.7 Å². The summed E-state index contributed by atoms with van der Waals surface area (Å²) in [6.07, 6.45) is 1.65. The normalized spacial score (nSPS) is 10.5. The molecule has 0 radical (unpaired) electrons. The van der Waals surface area contributed by atoms with Gasteiger partial charge in [-0.15, -0.1) is 0 Å². The SMILES string of the molecule is Cc1ccccc1OCCN(C)C(=O)c1c[nH]c(=S)n1-c1ccccc1. The number of likely N-dealkylation sites (N-methyl/N-ethyl adjacent to an activating group) is 1. The molecule has 0 aliphatic carbocycles. The Bertz CT molecular complexity index is 947. The number of para-hydroxylation sites is 2. The minimum Gasteiger partial charge on any atom is -0.491 e. The lowest BCUT2D eigenvalue weighted by Gasteiger charge is -2.19. The molecule has 0 bridgehead atoms. The highest BCUT2D eigenvalue weighted by Crippen LogP contribution is 2.17. The molecule has 6 heteroatoms. The number of benzene rings is 2. The Hall–Kier alpha value is -2.86. The summed E-state index contributed by atoms with van der Waals surface area (Å²) in [7, 11) is 1.76. The van der Waals surface area contributed by atoms with Crippen LogP contribution in [0.5, 0.6) is 5.75 Å². The van der Waals surface area contributed by atoms with E-state index in [0.717, 1.165) is 17.0 Å². The standard InChI is InChI=1S/C20H21N3O2S/c1-15-8-6-7-11-18(15)25-13-12-22(2)19(24)17-14-21-20(26)23(17)16-9-4-3-5-10-16/h3-11,14H,12-13H2,1-2H3,(H,21,26). The van der Waals surface area contributed by atoms with Gasteiger partial charge in [0.15, 0.2) is 4.77 Å². The molecule has 26 heavy (non-hydrogen) atoms. The van der Waals surface area contributed by atoms with Crippen molar-refractivity contribution in [3.63, 3.8) is 0 Å². The lowest BCUT2D eigenvalue weighted by atomic mass is 10.2. The molecule has 3 rings (SSSR count). The van der Waals surface area contributed by atoms with Crippen molar-refractivity contribution in [3.8, 4) is 11.4 Å².